The van der Waals surface area contributed by atoms with Crippen LogP contribution in [0.1, 0.15) is 49.7 Å². The number of rotatable bonds is 4. The third kappa shape index (κ3) is 3.22. The maximum Gasteiger partial charge on any atom is 0.335 e. The minimum atomic E-state index is -0.920. The van der Waals surface area contributed by atoms with Crippen molar-refractivity contribution in [1.82, 2.24) is 4.98 Å². The van der Waals surface area contributed by atoms with Crippen molar-refractivity contribution < 1.29 is 9.90 Å². The lowest BCUT2D eigenvalue weighted by molar-refractivity contribution is 0.0696. The Labute approximate surface area is 95.7 Å². The van der Waals surface area contributed by atoms with Gasteiger partial charge in [0.05, 0.1) is 5.56 Å². The van der Waals surface area contributed by atoms with Crippen LogP contribution in [-0.2, 0) is 0 Å². The van der Waals surface area contributed by atoms with Gasteiger partial charge >= 0.3 is 5.97 Å². The first kappa shape index (κ1) is 12.5. The van der Waals surface area contributed by atoms with Gasteiger partial charge < -0.3 is 10.4 Å². The Morgan fingerprint density at radius 3 is 2.38 bits per heavy atom. The number of anilines is 1. The second-order valence-electron chi connectivity index (χ2n) is 4.42. The molecular formula is C12H18N2O2. The van der Waals surface area contributed by atoms with Crippen molar-refractivity contribution in [3.05, 3.63) is 23.4 Å². The van der Waals surface area contributed by atoms with Crippen molar-refractivity contribution in [1.29, 1.82) is 0 Å². The van der Waals surface area contributed by atoms with Crippen molar-refractivity contribution in [3.8, 4) is 0 Å². The second-order valence-corrected chi connectivity index (χ2v) is 4.42. The van der Waals surface area contributed by atoms with Crippen LogP contribution in [0.2, 0.25) is 0 Å². The van der Waals surface area contributed by atoms with Gasteiger partial charge in [0.25, 0.3) is 0 Å². The van der Waals surface area contributed by atoms with E-state index in [1.54, 1.807) is 12.1 Å². The van der Waals surface area contributed by atoms with Gasteiger partial charge in [0.2, 0.25) is 0 Å². The molecule has 4 nitrogen and oxygen atoms in total. The number of carboxylic acids is 1. The van der Waals surface area contributed by atoms with Gasteiger partial charge in [0.15, 0.2) is 0 Å². The molecule has 0 amide bonds. The molecule has 0 spiro atoms. The first-order chi connectivity index (χ1) is 7.40. The Morgan fingerprint density at radius 2 is 1.94 bits per heavy atom. The molecule has 2 N–H and O–H groups in total. The molecule has 0 fully saturated rings. The highest BCUT2D eigenvalue weighted by Gasteiger charge is 2.11. The molecular weight excluding hydrogens is 204 g/mol. The zero-order chi connectivity index (χ0) is 12.3. The Morgan fingerprint density at radius 1 is 1.31 bits per heavy atom. The number of carbonyl (C=O) groups is 1. The molecule has 0 aliphatic rings. The second kappa shape index (κ2) is 4.96. The Hall–Kier alpha value is -1.58. The van der Waals surface area contributed by atoms with Crippen LogP contribution in [0, 0.1) is 0 Å². The molecule has 0 aliphatic carbocycles. The van der Waals surface area contributed by atoms with Gasteiger partial charge in [-0.25, -0.2) is 9.78 Å². The number of aromatic nitrogens is 1. The van der Waals surface area contributed by atoms with E-state index in [2.05, 4.69) is 10.3 Å². The molecule has 0 bridgehead atoms. The Kier molecular flexibility index (Phi) is 3.88. The Balaban J connectivity index is 3.13. The minimum absolute atomic E-state index is 0.215. The molecule has 16 heavy (non-hydrogen) atoms. The molecule has 1 aromatic rings. The van der Waals surface area contributed by atoms with Crippen LogP contribution in [0.3, 0.4) is 0 Å². The summed E-state index contributed by atoms with van der Waals surface area (Å²) in [6, 6.07) is 3.42. The van der Waals surface area contributed by atoms with Crippen molar-refractivity contribution in [2.75, 3.05) is 5.32 Å². The number of hydrogen-bond acceptors (Lipinski definition) is 3. The highest BCUT2D eigenvalue weighted by Crippen LogP contribution is 2.18. The van der Waals surface area contributed by atoms with Gasteiger partial charge in [-0.3, -0.25) is 0 Å². The van der Waals surface area contributed by atoms with E-state index >= 15 is 0 Å². The SMILES string of the molecule is CC(C)Nc1cc(C(=O)O)cc(C(C)C)n1. The predicted molar refractivity (Wildman–Crippen MR) is 64.0 cm³/mol. The maximum atomic E-state index is 11.0. The summed E-state index contributed by atoms with van der Waals surface area (Å²) >= 11 is 0. The van der Waals surface area contributed by atoms with Crippen molar-refractivity contribution in [2.45, 2.75) is 39.7 Å². The summed E-state index contributed by atoms with van der Waals surface area (Å²) in [5.74, 6) is -0.0817. The summed E-state index contributed by atoms with van der Waals surface area (Å²) in [6.07, 6.45) is 0. The van der Waals surface area contributed by atoms with E-state index in [1.165, 1.54) is 0 Å². The number of pyridine rings is 1. The quantitative estimate of drug-likeness (QED) is 0.822. The molecule has 0 aliphatic heterocycles. The van der Waals surface area contributed by atoms with Crippen LogP contribution in [0.25, 0.3) is 0 Å². The van der Waals surface area contributed by atoms with Gasteiger partial charge in [-0.15, -0.1) is 0 Å². The van der Waals surface area contributed by atoms with Crippen LogP contribution >= 0.6 is 0 Å². The molecule has 1 rings (SSSR count). The molecule has 88 valence electrons. The van der Waals surface area contributed by atoms with Gasteiger partial charge in [-0.1, -0.05) is 13.8 Å². The molecule has 0 saturated carbocycles. The predicted octanol–water partition coefficient (Wildman–Crippen LogP) is 2.72. The summed E-state index contributed by atoms with van der Waals surface area (Å²) in [4.78, 5) is 15.3. The van der Waals surface area contributed by atoms with Gasteiger partial charge in [-0.05, 0) is 31.9 Å². The highest BCUT2D eigenvalue weighted by molar-refractivity contribution is 5.88. The fraction of sp³-hybridized carbons (Fsp3) is 0.500. The Bertz CT molecular complexity index is 387. The number of aromatic carboxylic acids is 1. The van der Waals surface area contributed by atoms with Crippen LogP contribution in [-0.4, -0.2) is 22.1 Å². The molecule has 0 radical (unpaired) electrons. The smallest absolute Gasteiger partial charge is 0.335 e. The van der Waals surface area contributed by atoms with Crippen LogP contribution < -0.4 is 5.32 Å². The normalized spacial score (nSPS) is 10.9. The lowest BCUT2D eigenvalue weighted by Crippen LogP contribution is -2.13. The average molecular weight is 222 g/mol. The van der Waals surface area contributed by atoms with E-state index in [-0.39, 0.29) is 17.5 Å². The lowest BCUT2D eigenvalue weighted by Gasteiger charge is -2.13. The third-order valence-electron chi connectivity index (χ3n) is 2.12. The van der Waals surface area contributed by atoms with Crippen molar-refractivity contribution in [3.63, 3.8) is 0 Å². The molecule has 1 aromatic heterocycles. The topological polar surface area (TPSA) is 62.2 Å². The van der Waals surface area contributed by atoms with Crippen LogP contribution in [0.5, 0.6) is 0 Å². The molecule has 0 saturated heterocycles. The highest BCUT2D eigenvalue weighted by atomic mass is 16.4. The molecule has 0 unspecified atom stereocenters. The molecule has 1 heterocycles. The van der Waals surface area contributed by atoms with Crippen molar-refractivity contribution >= 4 is 11.8 Å². The lowest BCUT2D eigenvalue weighted by atomic mass is 10.1. The summed E-state index contributed by atoms with van der Waals surface area (Å²) < 4.78 is 0. The van der Waals surface area contributed by atoms with E-state index in [1.807, 2.05) is 27.7 Å². The maximum absolute atomic E-state index is 11.0. The van der Waals surface area contributed by atoms with E-state index < -0.39 is 5.97 Å². The van der Waals surface area contributed by atoms with E-state index in [0.717, 1.165) is 5.69 Å². The molecule has 4 heteroatoms. The third-order valence-corrected chi connectivity index (χ3v) is 2.12. The first-order valence-electron chi connectivity index (χ1n) is 5.42. The van der Waals surface area contributed by atoms with Gasteiger partial charge in [0, 0.05) is 11.7 Å². The molecule has 0 aromatic carbocycles. The number of carboxylic acid groups (broad SMARTS) is 1. The summed E-state index contributed by atoms with van der Waals surface area (Å²) in [6.45, 7) is 7.97. The number of nitrogens with zero attached hydrogens (tertiary/aromatic N) is 1. The van der Waals surface area contributed by atoms with Gasteiger partial charge in [-0.2, -0.15) is 0 Å². The number of nitrogens with one attached hydrogen (secondary N) is 1. The number of hydrogen-bond donors (Lipinski definition) is 2. The largest absolute Gasteiger partial charge is 0.478 e. The first-order valence-corrected chi connectivity index (χ1v) is 5.42. The zero-order valence-corrected chi connectivity index (χ0v) is 10.1. The summed E-state index contributed by atoms with van der Waals surface area (Å²) in [5.41, 5.74) is 1.07. The fourth-order valence-electron chi connectivity index (χ4n) is 1.34. The molecule has 0 atom stereocenters. The van der Waals surface area contributed by atoms with E-state index in [4.69, 9.17) is 5.11 Å². The van der Waals surface area contributed by atoms with Gasteiger partial charge in [0.1, 0.15) is 5.82 Å². The zero-order valence-electron chi connectivity index (χ0n) is 10.1. The van der Waals surface area contributed by atoms with Crippen LogP contribution in [0.15, 0.2) is 12.1 Å². The average Bonchev–Trinajstić information content (AvgIpc) is 2.15. The van der Waals surface area contributed by atoms with E-state index in [0.29, 0.717) is 5.82 Å². The fourth-order valence-corrected chi connectivity index (χ4v) is 1.34. The van der Waals surface area contributed by atoms with E-state index in [9.17, 15) is 4.79 Å². The van der Waals surface area contributed by atoms with Crippen molar-refractivity contribution in [2.24, 2.45) is 0 Å². The summed E-state index contributed by atoms with van der Waals surface area (Å²) in [7, 11) is 0. The van der Waals surface area contributed by atoms with Crippen LogP contribution in [0.4, 0.5) is 5.82 Å². The minimum Gasteiger partial charge on any atom is -0.478 e. The summed E-state index contributed by atoms with van der Waals surface area (Å²) in [5, 5.41) is 12.1. The standard InChI is InChI=1S/C12H18N2O2/c1-7(2)10-5-9(12(15)16)6-11(14-10)13-8(3)4/h5-8H,1-4H3,(H,13,14)(H,15,16). The monoisotopic (exact) mass is 222 g/mol.